The summed E-state index contributed by atoms with van der Waals surface area (Å²) in [5.74, 6) is -0.000715. The quantitative estimate of drug-likeness (QED) is 0.842. The Bertz CT molecular complexity index is 610. The highest BCUT2D eigenvalue weighted by atomic mass is 35.5. The number of halogens is 3. The van der Waals surface area contributed by atoms with E-state index in [0.717, 1.165) is 0 Å². The molecule has 112 valence electrons. The average molecular weight is 330 g/mol. The molecule has 3 nitrogen and oxygen atoms in total. The van der Waals surface area contributed by atoms with Crippen molar-refractivity contribution >= 4 is 28.9 Å². The molecule has 1 unspecified atom stereocenters. The van der Waals surface area contributed by atoms with Gasteiger partial charge in [-0.15, -0.1) is 0 Å². The van der Waals surface area contributed by atoms with Gasteiger partial charge in [0.25, 0.3) is 0 Å². The summed E-state index contributed by atoms with van der Waals surface area (Å²) in [6.07, 6.45) is -0.764. The van der Waals surface area contributed by atoms with Gasteiger partial charge in [0.2, 0.25) is 0 Å². The molecule has 6 heteroatoms. The highest BCUT2D eigenvalue weighted by Crippen LogP contribution is 2.23. The van der Waals surface area contributed by atoms with Gasteiger partial charge < -0.3 is 15.2 Å². The van der Waals surface area contributed by atoms with E-state index < -0.39 is 11.9 Å². The fraction of sp³-hybridized carbons (Fsp3) is 0.200. The molecule has 2 aromatic carbocycles. The van der Waals surface area contributed by atoms with Crippen molar-refractivity contribution in [1.82, 2.24) is 0 Å². The molecule has 0 bridgehead atoms. The molecule has 0 aliphatic heterocycles. The Balaban J connectivity index is 1.81. The monoisotopic (exact) mass is 329 g/mol. The third-order valence-corrected chi connectivity index (χ3v) is 3.35. The molecule has 0 spiro atoms. The Hall–Kier alpha value is -1.49. The van der Waals surface area contributed by atoms with Gasteiger partial charge in [0.1, 0.15) is 24.3 Å². The molecule has 0 amide bonds. The SMILES string of the molecule is OC(CNc1ccc(Cl)c(F)c1)COc1ccccc1Cl. The van der Waals surface area contributed by atoms with E-state index in [9.17, 15) is 9.50 Å². The molecule has 0 aliphatic carbocycles. The molecule has 0 saturated carbocycles. The topological polar surface area (TPSA) is 41.5 Å². The van der Waals surface area contributed by atoms with Crippen molar-refractivity contribution < 1.29 is 14.2 Å². The Labute approximate surface area is 132 Å². The largest absolute Gasteiger partial charge is 0.489 e. The summed E-state index contributed by atoms with van der Waals surface area (Å²) in [6.45, 7) is 0.290. The first-order valence-electron chi connectivity index (χ1n) is 6.30. The zero-order valence-corrected chi connectivity index (χ0v) is 12.5. The van der Waals surface area contributed by atoms with E-state index in [4.69, 9.17) is 27.9 Å². The van der Waals surface area contributed by atoms with Crippen molar-refractivity contribution in [2.45, 2.75) is 6.10 Å². The predicted molar refractivity (Wildman–Crippen MR) is 82.9 cm³/mol. The maximum absolute atomic E-state index is 13.2. The second-order valence-electron chi connectivity index (χ2n) is 4.41. The Kier molecular flexibility index (Phi) is 5.67. The van der Waals surface area contributed by atoms with E-state index in [-0.39, 0.29) is 18.2 Å². The van der Waals surface area contributed by atoms with Crippen molar-refractivity contribution in [3.05, 3.63) is 58.3 Å². The van der Waals surface area contributed by atoms with Gasteiger partial charge in [0, 0.05) is 12.2 Å². The van der Waals surface area contributed by atoms with Gasteiger partial charge in [0.15, 0.2) is 0 Å². The van der Waals surface area contributed by atoms with Crippen LogP contribution in [-0.4, -0.2) is 24.4 Å². The first-order chi connectivity index (χ1) is 10.1. The summed E-state index contributed by atoms with van der Waals surface area (Å²) in [5.41, 5.74) is 0.536. The molecule has 0 fully saturated rings. The van der Waals surface area contributed by atoms with E-state index in [0.29, 0.717) is 16.5 Å². The first-order valence-corrected chi connectivity index (χ1v) is 7.06. The lowest BCUT2D eigenvalue weighted by Gasteiger charge is -2.14. The van der Waals surface area contributed by atoms with Gasteiger partial charge in [-0.1, -0.05) is 35.3 Å². The summed E-state index contributed by atoms with van der Waals surface area (Å²) in [4.78, 5) is 0. The molecule has 1 atom stereocenters. The number of benzene rings is 2. The normalized spacial score (nSPS) is 12.0. The number of hydrogen-bond donors (Lipinski definition) is 2. The number of anilines is 1. The van der Waals surface area contributed by atoms with Crippen LogP contribution in [-0.2, 0) is 0 Å². The second-order valence-corrected chi connectivity index (χ2v) is 5.22. The standard InChI is InChI=1S/C15H14Cl2FNO2/c16-12-6-5-10(7-14(12)18)19-8-11(20)9-21-15-4-2-1-3-13(15)17/h1-7,11,19-20H,8-9H2. The molecule has 0 saturated heterocycles. The molecule has 0 radical (unpaired) electrons. The molecular formula is C15H14Cl2FNO2. The van der Waals surface area contributed by atoms with E-state index in [1.807, 2.05) is 0 Å². The number of nitrogens with one attached hydrogen (secondary N) is 1. The van der Waals surface area contributed by atoms with Crippen molar-refractivity contribution in [2.24, 2.45) is 0 Å². The second kappa shape index (κ2) is 7.50. The van der Waals surface area contributed by atoms with Gasteiger partial charge in [0.05, 0.1) is 10.0 Å². The minimum absolute atomic E-state index is 0.0585. The van der Waals surface area contributed by atoms with Gasteiger partial charge in [-0.2, -0.15) is 0 Å². The summed E-state index contributed by atoms with van der Waals surface area (Å²) in [6, 6.07) is 11.4. The number of ether oxygens (including phenoxy) is 1. The van der Waals surface area contributed by atoms with Gasteiger partial charge >= 0.3 is 0 Å². The zero-order chi connectivity index (χ0) is 15.2. The fourth-order valence-corrected chi connectivity index (χ4v) is 1.96. The minimum Gasteiger partial charge on any atom is -0.489 e. The summed E-state index contributed by atoms with van der Waals surface area (Å²) >= 11 is 11.5. The van der Waals surface area contributed by atoms with Crippen molar-refractivity contribution in [2.75, 3.05) is 18.5 Å². The number of aliphatic hydroxyl groups is 1. The lowest BCUT2D eigenvalue weighted by atomic mass is 10.3. The van der Waals surface area contributed by atoms with E-state index in [1.54, 1.807) is 30.3 Å². The maximum Gasteiger partial charge on any atom is 0.143 e. The van der Waals surface area contributed by atoms with E-state index >= 15 is 0 Å². The molecule has 2 rings (SSSR count). The number of hydrogen-bond acceptors (Lipinski definition) is 3. The molecule has 21 heavy (non-hydrogen) atoms. The van der Waals surface area contributed by atoms with Crippen LogP contribution in [0, 0.1) is 5.82 Å². The average Bonchev–Trinajstić information content (AvgIpc) is 2.47. The first kappa shape index (κ1) is 15.9. The van der Waals surface area contributed by atoms with Crippen molar-refractivity contribution in [3.8, 4) is 5.75 Å². The Morgan fingerprint density at radius 3 is 2.62 bits per heavy atom. The number of aliphatic hydroxyl groups excluding tert-OH is 1. The van der Waals surface area contributed by atoms with Crippen LogP contribution >= 0.6 is 23.2 Å². The number of para-hydroxylation sites is 1. The van der Waals surface area contributed by atoms with Crippen LogP contribution in [0.4, 0.5) is 10.1 Å². The van der Waals surface area contributed by atoms with Crippen LogP contribution in [0.2, 0.25) is 10.0 Å². The molecular weight excluding hydrogens is 316 g/mol. The predicted octanol–water partition coefficient (Wildman–Crippen LogP) is 3.98. The summed E-state index contributed by atoms with van der Waals surface area (Å²) in [7, 11) is 0. The third kappa shape index (κ3) is 4.77. The van der Waals surface area contributed by atoms with E-state index in [1.165, 1.54) is 12.1 Å². The van der Waals surface area contributed by atoms with Gasteiger partial charge in [-0.05, 0) is 30.3 Å². The lowest BCUT2D eigenvalue weighted by Crippen LogP contribution is -2.26. The third-order valence-electron chi connectivity index (χ3n) is 2.73. The van der Waals surface area contributed by atoms with Crippen LogP contribution in [0.1, 0.15) is 0 Å². The number of rotatable bonds is 6. The summed E-state index contributed by atoms with van der Waals surface area (Å²) < 4.78 is 18.7. The van der Waals surface area contributed by atoms with Crippen LogP contribution in [0.3, 0.4) is 0 Å². The van der Waals surface area contributed by atoms with Crippen molar-refractivity contribution in [1.29, 1.82) is 0 Å². The lowest BCUT2D eigenvalue weighted by molar-refractivity contribution is 0.117. The highest BCUT2D eigenvalue weighted by Gasteiger charge is 2.08. The molecule has 0 aliphatic rings. The molecule has 2 N–H and O–H groups in total. The maximum atomic E-state index is 13.2. The molecule has 0 aromatic heterocycles. The Morgan fingerprint density at radius 2 is 1.90 bits per heavy atom. The van der Waals surface area contributed by atoms with Crippen LogP contribution in [0.25, 0.3) is 0 Å². The van der Waals surface area contributed by atoms with Crippen LogP contribution < -0.4 is 10.1 Å². The summed E-state index contributed by atoms with van der Waals surface area (Å²) in [5, 5.41) is 13.3. The van der Waals surface area contributed by atoms with Gasteiger partial charge in [-0.25, -0.2) is 4.39 Å². The van der Waals surface area contributed by atoms with Crippen LogP contribution in [0.5, 0.6) is 5.75 Å². The minimum atomic E-state index is -0.764. The van der Waals surface area contributed by atoms with Gasteiger partial charge in [-0.3, -0.25) is 0 Å². The van der Waals surface area contributed by atoms with Crippen molar-refractivity contribution in [3.63, 3.8) is 0 Å². The molecule has 2 aromatic rings. The van der Waals surface area contributed by atoms with Crippen LogP contribution in [0.15, 0.2) is 42.5 Å². The highest BCUT2D eigenvalue weighted by molar-refractivity contribution is 6.32. The zero-order valence-electron chi connectivity index (χ0n) is 11.0. The van der Waals surface area contributed by atoms with E-state index in [2.05, 4.69) is 5.32 Å². The Morgan fingerprint density at radius 1 is 1.14 bits per heavy atom. The smallest absolute Gasteiger partial charge is 0.143 e. The molecule has 0 heterocycles. The fourth-order valence-electron chi connectivity index (χ4n) is 1.65.